The first-order valence-corrected chi connectivity index (χ1v) is 6.24. The molecule has 4 heteroatoms. The van der Waals surface area contributed by atoms with Gasteiger partial charge in [0.15, 0.2) is 0 Å². The van der Waals surface area contributed by atoms with Crippen molar-refractivity contribution in [3.63, 3.8) is 0 Å². The van der Waals surface area contributed by atoms with Crippen LogP contribution in [0.2, 0.25) is 0 Å². The molecule has 0 radical (unpaired) electrons. The predicted molar refractivity (Wildman–Crippen MR) is 71.1 cm³/mol. The average molecular weight is 251 g/mol. The summed E-state index contributed by atoms with van der Waals surface area (Å²) in [5, 5.41) is 0. The third-order valence-corrected chi connectivity index (χ3v) is 2.83. The standard InChI is InChI=1S/C14H21NO3/c1-4-15(5-2)9-10-18-13-8-6-7-12(11-13)14(16)17-3/h6-8,11H,4-5,9-10H2,1-3H3. The smallest absolute Gasteiger partial charge is 0.337 e. The minimum Gasteiger partial charge on any atom is -0.492 e. The number of likely N-dealkylation sites (N-methyl/N-ethyl adjacent to an activating group) is 1. The van der Waals surface area contributed by atoms with E-state index in [0.717, 1.165) is 19.6 Å². The maximum absolute atomic E-state index is 11.4. The second kappa shape index (κ2) is 7.71. The maximum atomic E-state index is 11.4. The molecule has 0 unspecified atom stereocenters. The van der Waals surface area contributed by atoms with Gasteiger partial charge in [-0.05, 0) is 31.3 Å². The number of esters is 1. The number of ether oxygens (including phenoxy) is 2. The zero-order chi connectivity index (χ0) is 13.4. The number of nitrogens with zero attached hydrogens (tertiary/aromatic N) is 1. The molecule has 0 aliphatic carbocycles. The van der Waals surface area contributed by atoms with Crippen LogP contribution in [0.1, 0.15) is 24.2 Å². The molecule has 0 spiro atoms. The number of rotatable bonds is 7. The van der Waals surface area contributed by atoms with Gasteiger partial charge in [0.1, 0.15) is 12.4 Å². The van der Waals surface area contributed by atoms with E-state index in [9.17, 15) is 4.79 Å². The Morgan fingerprint density at radius 3 is 2.61 bits per heavy atom. The number of benzene rings is 1. The minimum absolute atomic E-state index is 0.343. The van der Waals surface area contributed by atoms with Crippen LogP contribution in [0.5, 0.6) is 5.75 Å². The molecule has 0 aliphatic heterocycles. The zero-order valence-corrected chi connectivity index (χ0v) is 11.3. The molecule has 1 rings (SSSR count). The van der Waals surface area contributed by atoms with Gasteiger partial charge in [-0.1, -0.05) is 19.9 Å². The van der Waals surface area contributed by atoms with E-state index in [1.54, 1.807) is 18.2 Å². The normalized spacial score (nSPS) is 10.4. The third kappa shape index (κ3) is 4.37. The van der Waals surface area contributed by atoms with Crippen molar-refractivity contribution in [1.82, 2.24) is 4.90 Å². The highest BCUT2D eigenvalue weighted by molar-refractivity contribution is 5.89. The van der Waals surface area contributed by atoms with E-state index >= 15 is 0 Å². The van der Waals surface area contributed by atoms with Crippen LogP contribution in [0.3, 0.4) is 0 Å². The lowest BCUT2D eigenvalue weighted by molar-refractivity contribution is 0.0600. The van der Waals surface area contributed by atoms with E-state index in [2.05, 4.69) is 23.5 Å². The van der Waals surface area contributed by atoms with Crippen LogP contribution in [0.15, 0.2) is 24.3 Å². The van der Waals surface area contributed by atoms with Crippen LogP contribution < -0.4 is 4.74 Å². The first-order chi connectivity index (χ1) is 8.71. The second-order valence-electron chi connectivity index (χ2n) is 3.89. The summed E-state index contributed by atoms with van der Waals surface area (Å²) in [7, 11) is 1.37. The van der Waals surface area contributed by atoms with Gasteiger partial charge < -0.3 is 14.4 Å². The highest BCUT2D eigenvalue weighted by Crippen LogP contribution is 2.13. The van der Waals surface area contributed by atoms with Crippen LogP contribution >= 0.6 is 0 Å². The molecule has 0 heterocycles. The Kier molecular flexibility index (Phi) is 6.22. The topological polar surface area (TPSA) is 38.8 Å². The number of methoxy groups -OCH3 is 1. The molecule has 0 aromatic heterocycles. The van der Waals surface area contributed by atoms with Crippen molar-refractivity contribution in [2.45, 2.75) is 13.8 Å². The number of hydrogen-bond acceptors (Lipinski definition) is 4. The third-order valence-electron chi connectivity index (χ3n) is 2.83. The van der Waals surface area contributed by atoms with Gasteiger partial charge in [0.2, 0.25) is 0 Å². The first-order valence-electron chi connectivity index (χ1n) is 6.24. The molecule has 1 aromatic carbocycles. The van der Waals surface area contributed by atoms with Gasteiger partial charge in [0.05, 0.1) is 12.7 Å². The molecule has 1 aromatic rings. The Morgan fingerprint density at radius 1 is 1.28 bits per heavy atom. The van der Waals surface area contributed by atoms with E-state index in [0.29, 0.717) is 17.9 Å². The lowest BCUT2D eigenvalue weighted by Crippen LogP contribution is -2.27. The molecule has 4 nitrogen and oxygen atoms in total. The second-order valence-corrected chi connectivity index (χ2v) is 3.89. The van der Waals surface area contributed by atoms with Crippen LogP contribution in [-0.2, 0) is 4.74 Å². The highest BCUT2D eigenvalue weighted by atomic mass is 16.5. The number of carbonyl (C=O) groups is 1. The van der Waals surface area contributed by atoms with Crippen LogP contribution in [0.4, 0.5) is 0 Å². The fraction of sp³-hybridized carbons (Fsp3) is 0.500. The lowest BCUT2D eigenvalue weighted by atomic mass is 10.2. The summed E-state index contributed by atoms with van der Waals surface area (Å²) >= 11 is 0. The van der Waals surface area contributed by atoms with Crippen molar-refractivity contribution >= 4 is 5.97 Å². The summed E-state index contributed by atoms with van der Waals surface area (Å²) in [6, 6.07) is 7.05. The van der Waals surface area contributed by atoms with E-state index < -0.39 is 0 Å². The van der Waals surface area contributed by atoms with Crippen molar-refractivity contribution in [2.75, 3.05) is 33.4 Å². The van der Waals surface area contributed by atoms with Crippen molar-refractivity contribution in [1.29, 1.82) is 0 Å². The summed E-state index contributed by atoms with van der Waals surface area (Å²) in [6.45, 7) is 7.79. The van der Waals surface area contributed by atoms with Crippen LogP contribution in [-0.4, -0.2) is 44.2 Å². The summed E-state index contributed by atoms with van der Waals surface area (Å²) in [6.07, 6.45) is 0. The Hall–Kier alpha value is -1.55. The lowest BCUT2D eigenvalue weighted by Gasteiger charge is -2.18. The van der Waals surface area contributed by atoms with Gasteiger partial charge in [-0.25, -0.2) is 4.79 Å². The predicted octanol–water partition coefficient (Wildman–Crippen LogP) is 2.19. The average Bonchev–Trinajstić information content (AvgIpc) is 2.43. The molecular weight excluding hydrogens is 230 g/mol. The summed E-state index contributed by atoms with van der Waals surface area (Å²) in [4.78, 5) is 13.6. The van der Waals surface area contributed by atoms with Crippen molar-refractivity contribution in [2.24, 2.45) is 0 Å². The molecule has 100 valence electrons. The molecule has 0 N–H and O–H groups in total. The number of hydrogen-bond donors (Lipinski definition) is 0. The minimum atomic E-state index is -0.343. The van der Waals surface area contributed by atoms with Crippen molar-refractivity contribution in [3.8, 4) is 5.75 Å². The monoisotopic (exact) mass is 251 g/mol. The largest absolute Gasteiger partial charge is 0.492 e. The highest BCUT2D eigenvalue weighted by Gasteiger charge is 2.06. The Balaban J connectivity index is 2.50. The molecule has 0 bridgehead atoms. The van der Waals surface area contributed by atoms with Gasteiger partial charge in [0, 0.05) is 6.54 Å². The SMILES string of the molecule is CCN(CC)CCOc1cccc(C(=O)OC)c1. The fourth-order valence-corrected chi connectivity index (χ4v) is 1.66. The molecule has 18 heavy (non-hydrogen) atoms. The van der Waals surface area contributed by atoms with Gasteiger partial charge in [0.25, 0.3) is 0 Å². The van der Waals surface area contributed by atoms with Crippen molar-refractivity contribution in [3.05, 3.63) is 29.8 Å². The summed E-state index contributed by atoms with van der Waals surface area (Å²) in [5.74, 6) is 0.356. The quantitative estimate of drug-likeness (QED) is 0.696. The van der Waals surface area contributed by atoms with Gasteiger partial charge in [-0.3, -0.25) is 0 Å². The summed E-state index contributed by atoms with van der Waals surface area (Å²) in [5.41, 5.74) is 0.512. The van der Waals surface area contributed by atoms with Gasteiger partial charge >= 0.3 is 5.97 Å². The Labute approximate surface area is 108 Å². The van der Waals surface area contributed by atoms with E-state index in [4.69, 9.17) is 4.74 Å². The molecule has 0 aliphatic rings. The molecule has 0 amide bonds. The molecule has 0 fully saturated rings. The summed E-state index contributed by atoms with van der Waals surface area (Å²) < 4.78 is 10.3. The Morgan fingerprint density at radius 2 is 2.00 bits per heavy atom. The van der Waals surface area contributed by atoms with E-state index in [1.165, 1.54) is 7.11 Å². The van der Waals surface area contributed by atoms with Crippen molar-refractivity contribution < 1.29 is 14.3 Å². The molecule has 0 saturated carbocycles. The molecule has 0 atom stereocenters. The van der Waals surface area contributed by atoms with Crippen LogP contribution in [0.25, 0.3) is 0 Å². The molecular formula is C14H21NO3. The fourth-order valence-electron chi connectivity index (χ4n) is 1.66. The maximum Gasteiger partial charge on any atom is 0.337 e. The zero-order valence-electron chi connectivity index (χ0n) is 11.3. The van der Waals surface area contributed by atoms with E-state index in [1.807, 2.05) is 6.07 Å². The Bertz CT molecular complexity index is 375. The van der Waals surface area contributed by atoms with E-state index in [-0.39, 0.29) is 5.97 Å². The van der Waals surface area contributed by atoms with Gasteiger partial charge in [-0.2, -0.15) is 0 Å². The van der Waals surface area contributed by atoms with Crippen LogP contribution in [0, 0.1) is 0 Å². The number of carbonyl (C=O) groups excluding carboxylic acids is 1. The first kappa shape index (κ1) is 14.5. The molecule has 0 saturated heterocycles. The van der Waals surface area contributed by atoms with Gasteiger partial charge in [-0.15, -0.1) is 0 Å².